The van der Waals surface area contributed by atoms with Crippen LogP contribution in [0.5, 0.6) is 11.5 Å². The molecule has 2 amide bonds. The van der Waals surface area contributed by atoms with Gasteiger partial charge in [0.1, 0.15) is 11.5 Å². The highest BCUT2D eigenvalue weighted by molar-refractivity contribution is 6.04. The number of phenolic OH excluding ortho intramolecular Hbond substituents is 2. The predicted octanol–water partition coefficient (Wildman–Crippen LogP) is 1.60. The SMILES string of the molecule is CN(CC(=O)NC1CC1)C(=O)c1ccc2ccc(O)cc2c1O. The molecule has 0 unspecified atom stereocenters. The van der Waals surface area contributed by atoms with E-state index in [1.807, 2.05) is 0 Å². The third-order valence-electron chi connectivity index (χ3n) is 3.88. The molecule has 6 heteroatoms. The van der Waals surface area contributed by atoms with Crippen molar-refractivity contribution in [1.82, 2.24) is 10.2 Å². The standard InChI is InChI=1S/C17H18N2O4/c1-19(9-15(21)18-11-4-5-11)17(23)13-7-3-10-2-6-12(20)8-14(10)16(13)22/h2-3,6-8,11,20,22H,4-5,9H2,1H3,(H,18,21). The second-order valence-corrected chi connectivity index (χ2v) is 5.87. The highest BCUT2D eigenvalue weighted by Crippen LogP contribution is 2.31. The van der Waals surface area contributed by atoms with Crippen LogP contribution in [-0.2, 0) is 4.79 Å². The van der Waals surface area contributed by atoms with Crippen molar-refractivity contribution in [2.75, 3.05) is 13.6 Å². The number of carbonyl (C=O) groups is 2. The topological polar surface area (TPSA) is 89.9 Å². The fraction of sp³-hybridized carbons (Fsp3) is 0.294. The summed E-state index contributed by atoms with van der Waals surface area (Å²) in [6.45, 7) is -0.0626. The zero-order valence-electron chi connectivity index (χ0n) is 12.7. The van der Waals surface area contributed by atoms with Crippen molar-refractivity contribution in [3.8, 4) is 11.5 Å². The minimum Gasteiger partial charge on any atom is -0.508 e. The first-order valence-electron chi connectivity index (χ1n) is 7.45. The Hall–Kier alpha value is -2.76. The van der Waals surface area contributed by atoms with Crippen LogP contribution in [0.15, 0.2) is 30.3 Å². The van der Waals surface area contributed by atoms with Gasteiger partial charge >= 0.3 is 0 Å². The summed E-state index contributed by atoms with van der Waals surface area (Å²) in [6.07, 6.45) is 1.97. The van der Waals surface area contributed by atoms with Gasteiger partial charge in [0.2, 0.25) is 5.91 Å². The summed E-state index contributed by atoms with van der Waals surface area (Å²) in [5.74, 6) is -0.840. The van der Waals surface area contributed by atoms with Gasteiger partial charge in [-0.1, -0.05) is 12.1 Å². The normalized spacial score (nSPS) is 13.8. The van der Waals surface area contributed by atoms with Crippen molar-refractivity contribution < 1.29 is 19.8 Å². The van der Waals surface area contributed by atoms with Crippen molar-refractivity contribution in [3.63, 3.8) is 0 Å². The minimum absolute atomic E-state index is 0.00886. The first kappa shape index (κ1) is 15.1. The van der Waals surface area contributed by atoms with Crippen LogP contribution in [-0.4, -0.2) is 46.6 Å². The summed E-state index contributed by atoms with van der Waals surface area (Å²) in [7, 11) is 1.51. The number of rotatable bonds is 4. The maximum absolute atomic E-state index is 12.5. The summed E-state index contributed by atoms with van der Waals surface area (Å²) in [5, 5.41) is 23.8. The molecule has 0 spiro atoms. The summed E-state index contributed by atoms with van der Waals surface area (Å²) in [6, 6.07) is 8.03. The highest BCUT2D eigenvalue weighted by atomic mass is 16.3. The van der Waals surface area contributed by atoms with Gasteiger partial charge in [0.15, 0.2) is 0 Å². The molecule has 1 fully saturated rings. The molecular formula is C17H18N2O4. The zero-order chi connectivity index (χ0) is 16.6. The van der Waals surface area contributed by atoms with Crippen molar-refractivity contribution in [2.45, 2.75) is 18.9 Å². The molecular weight excluding hydrogens is 296 g/mol. The van der Waals surface area contributed by atoms with Gasteiger partial charge in [0.25, 0.3) is 5.91 Å². The average molecular weight is 314 g/mol. The third kappa shape index (κ3) is 3.21. The van der Waals surface area contributed by atoms with Crippen LogP contribution in [0.25, 0.3) is 10.8 Å². The number of nitrogens with zero attached hydrogens (tertiary/aromatic N) is 1. The van der Waals surface area contributed by atoms with Crippen LogP contribution in [0.1, 0.15) is 23.2 Å². The van der Waals surface area contributed by atoms with Crippen molar-refractivity contribution >= 4 is 22.6 Å². The maximum atomic E-state index is 12.5. The number of benzene rings is 2. The second kappa shape index (κ2) is 5.79. The molecule has 120 valence electrons. The molecule has 23 heavy (non-hydrogen) atoms. The van der Waals surface area contributed by atoms with Crippen molar-refractivity contribution in [2.24, 2.45) is 0 Å². The Morgan fingerprint density at radius 1 is 1.22 bits per heavy atom. The van der Waals surface area contributed by atoms with E-state index in [2.05, 4.69) is 5.32 Å². The van der Waals surface area contributed by atoms with E-state index >= 15 is 0 Å². The van der Waals surface area contributed by atoms with Crippen LogP contribution in [0.4, 0.5) is 0 Å². The first-order chi connectivity index (χ1) is 11.0. The molecule has 2 aromatic carbocycles. The molecule has 3 rings (SSSR count). The van der Waals surface area contributed by atoms with E-state index in [9.17, 15) is 19.8 Å². The van der Waals surface area contributed by atoms with Crippen LogP contribution in [0, 0.1) is 0 Å². The monoisotopic (exact) mass is 314 g/mol. The predicted molar refractivity (Wildman–Crippen MR) is 85.4 cm³/mol. The molecule has 1 saturated carbocycles. The minimum atomic E-state index is -0.446. The van der Waals surface area contributed by atoms with Gasteiger partial charge in [-0.25, -0.2) is 0 Å². The lowest BCUT2D eigenvalue weighted by atomic mass is 10.0. The molecule has 3 N–H and O–H groups in total. The lowest BCUT2D eigenvalue weighted by molar-refractivity contribution is -0.121. The Balaban J connectivity index is 1.81. The zero-order valence-corrected chi connectivity index (χ0v) is 12.7. The van der Waals surface area contributed by atoms with Gasteiger partial charge in [-0.15, -0.1) is 0 Å². The molecule has 0 heterocycles. The molecule has 0 saturated heterocycles. The van der Waals surface area contributed by atoms with Crippen LogP contribution in [0.2, 0.25) is 0 Å². The molecule has 1 aliphatic carbocycles. The van der Waals surface area contributed by atoms with E-state index in [-0.39, 0.29) is 35.6 Å². The summed E-state index contributed by atoms with van der Waals surface area (Å²) in [4.78, 5) is 25.5. The number of aromatic hydroxyl groups is 2. The molecule has 1 aliphatic rings. The number of fused-ring (bicyclic) bond motifs is 1. The van der Waals surface area contributed by atoms with E-state index in [1.165, 1.54) is 30.1 Å². The van der Waals surface area contributed by atoms with Crippen LogP contribution >= 0.6 is 0 Å². The van der Waals surface area contributed by atoms with E-state index in [1.54, 1.807) is 12.1 Å². The third-order valence-corrected chi connectivity index (χ3v) is 3.88. The number of hydrogen-bond donors (Lipinski definition) is 3. The van der Waals surface area contributed by atoms with E-state index in [4.69, 9.17) is 0 Å². The molecule has 0 atom stereocenters. The number of amides is 2. The number of nitrogens with one attached hydrogen (secondary N) is 1. The highest BCUT2D eigenvalue weighted by Gasteiger charge is 2.25. The van der Waals surface area contributed by atoms with E-state index in [0.717, 1.165) is 12.8 Å². The number of hydrogen-bond acceptors (Lipinski definition) is 4. The molecule has 0 aliphatic heterocycles. The smallest absolute Gasteiger partial charge is 0.257 e. The van der Waals surface area contributed by atoms with Crippen molar-refractivity contribution in [3.05, 3.63) is 35.9 Å². The summed E-state index contributed by atoms with van der Waals surface area (Å²) >= 11 is 0. The quantitative estimate of drug-likeness (QED) is 0.799. The van der Waals surface area contributed by atoms with Crippen molar-refractivity contribution in [1.29, 1.82) is 0 Å². The molecule has 2 aromatic rings. The lowest BCUT2D eigenvalue weighted by Gasteiger charge is -2.18. The van der Waals surface area contributed by atoms with Gasteiger partial charge in [-0.3, -0.25) is 9.59 Å². The van der Waals surface area contributed by atoms with E-state index in [0.29, 0.717) is 10.8 Å². The Kier molecular flexibility index (Phi) is 3.82. The first-order valence-corrected chi connectivity index (χ1v) is 7.45. The van der Waals surface area contributed by atoms with Crippen LogP contribution in [0.3, 0.4) is 0 Å². The van der Waals surface area contributed by atoms with Gasteiger partial charge in [0, 0.05) is 18.5 Å². The molecule has 0 bridgehead atoms. The van der Waals surface area contributed by atoms with Gasteiger partial charge in [0.05, 0.1) is 12.1 Å². The number of carbonyl (C=O) groups excluding carboxylic acids is 2. The van der Waals surface area contributed by atoms with E-state index < -0.39 is 5.91 Å². The average Bonchev–Trinajstić information content (AvgIpc) is 3.31. The fourth-order valence-corrected chi connectivity index (χ4v) is 2.46. The second-order valence-electron chi connectivity index (χ2n) is 5.87. The number of likely N-dealkylation sites (N-methyl/N-ethyl adjacent to an activating group) is 1. The Labute approximate surface area is 133 Å². The Bertz CT molecular complexity index is 784. The lowest BCUT2D eigenvalue weighted by Crippen LogP contribution is -2.39. The summed E-state index contributed by atoms with van der Waals surface area (Å²) in [5.41, 5.74) is 0.102. The maximum Gasteiger partial charge on any atom is 0.257 e. The number of phenols is 2. The van der Waals surface area contributed by atoms with Gasteiger partial charge in [-0.05, 0) is 36.4 Å². The molecule has 0 radical (unpaired) electrons. The van der Waals surface area contributed by atoms with Gasteiger partial charge in [-0.2, -0.15) is 0 Å². The molecule has 0 aromatic heterocycles. The van der Waals surface area contributed by atoms with Crippen LogP contribution < -0.4 is 5.32 Å². The summed E-state index contributed by atoms with van der Waals surface area (Å²) < 4.78 is 0. The largest absolute Gasteiger partial charge is 0.508 e. The Morgan fingerprint density at radius 3 is 2.61 bits per heavy atom. The fourth-order valence-electron chi connectivity index (χ4n) is 2.46. The Morgan fingerprint density at radius 2 is 1.91 bits per heavy atom. The molecule has 6 nitrogen and oxygen atoms in total. The van der Waals surface area contributed by atoms with Gasteiger partial charge < -0.3 is 20.4 Å².